The average Bonchev–Trinajstić information content (AvgIpc) is 3.02. The van der Waals surface area contributed by atoms with Crippen LogP contribution in [0, 0.1) is 11.8 Å². The molecule has 0 saturated carbocycles. The number of aromatic amines is 1. The molecule has 10 nitrogen and oxygen atoms in total. The summed E-state index contributed by atoms with van der Waals surface area (Å²) in [5, 5.41) is 13.6. The van der Waals surface area contributed by atoms with E-state index in [0.29, 0.717) is 17.7 Å². The summed E-state index contributed by atoms with van der Waals surface area (Å²) in [7, 11) is 1.71. The SMILES string of the molecule is CC(C)C(=O)NC[C@H]1[C@@H](O)[C@H](n2c[n+](C)c3c(=O)[nH]c(N)nc32)O[C@@H]1C. The van der Waals surface area contributed by atoms with E-state index in [-0.39, 0.29) is 35.4 Å². The van der Waals surface area contributed by atoms with E-state index in [1.165, 1.54) is 0 Å². The van der Waals surface area contributed by atoms with Crippen molar-refractivity contribution < 1.29 is 19.2 Å². The predicted molar refractivity (Wildman–Crippen MR) is 92.9 cm³/mol. The van der Waals surface area contributed by atoms with E-state index in [1.54, 1.807) is 22.5 Å². The summed E-state index contributed by atoms with van der Waals surface area (Å²) in [5.74, 6) is -0.507. The second-order valence-electron chi connectivity index (χ2n) is 7.04. The first-order chi connectivity index (χ1) is 12.2. The number of rotatable bonds is 4. The highest BCUT2D eigenvalue weighted by atomic mass is 16.5. The third-order valence-electron chi connectivity index (χ3n) is 4.79. The Bertz CT molecular complexity index is 889. The smallest absolute Gasteiger partial charge is 0.304 e. The number of hydrogen-bond donors (Lipinski definition) is 4. The van der Waals surface area contributed by atoms with Gasteiger partial charge in [0, 0.05) is 18.4 Å². The fourth-order valence-electron chi connectivity index (χ4n) is 3.29. The number of carbonyl (C=O) groups is 1. The highest BCUT2D eigenvalue weighted by Gasteiger charge is 2.46. The number of ether oxygens (including phenoxy) is 1. The quantitative estimate of drug-likeness (QED) is 0.502. The van der Waals surface area contributed by atoms with Crippen LogP contribution in [0.1, 0.15) is 27.0 Å². The van der Waals surface area contributed by atoms with Gasteiger partial charge in [-0.2, -0.15) is 9.55 Å². The Labute approximate surface area is 150 Å². The van der Waals surface area contributed by atoms with Gasteiger partial charge in [-0.15, -0.1) is 0 Å². The first-order valence-electron chi connectivity index (χ1n) is 8.58. The number of aliphatic hydroxyl groups excluding tert-OH is 1. The zero-order chi connectivity index (χ0) is 19.2. The lowest BCUT2D eigenvalue weighted by atomic mass is 9.98. The lowest BCUT2D eigenvalue weighted by molar-refractivity contribution is -0.646. The number of H-pyrrole nitrogens is 1. The van der Waals surface area contributed by atoms with Crippen LogP contribution in [0.4, 0.5) is 5.95 Å². The van der Waals surface area contributed by atoms with Crippen molar-refractivity contribution in [2.75, 3.05) is 12.3 Å². The molecule has 26 heavy (non-hydrogen) atoms. The number of aliphatic hydroxyl groups is 1. The molecule has 5 N–H and O–H groups in total. The largest absolute Gasteiger partial charge is 0.386 e. The Balaban J connectivity index is 1.90. The van der Waals surface area contributed by atoms with E-state index in [0.717, 1.165) is 0 Å². The summed E-state index contributed by atoms with van der Waals surface area (Å²) >= 11 is 0. The molecule has 0 radical (unpaired) electrons. The molecule has 142 valence electrons. The summed E-state index contributed by atoms with van der Waals surface area (Å²) in [6.07, 6.45) is -0.259. The topological polar surface area (TPSA) is 139 Å². The highest BCUT2D eigenvalue weighted by molar-refractivity contribution is 5.77. The van der Waals surface area contributed by atoms with Gasteiger partial charge in [-0.3, -0.25) is 14.6 Å². The first kappa shape index (κ1) is 18.3. The van der Waals surface area contributed by atoms with E-state index in [9.17, 15) is 14.7 Å². The van der Waals surface area contributed by atoms with Crippen LogP contribution in [0.2, 0.25) is 0 Å². The summed E-state index contributed by atoms with van der Waals surface area (Å²) < 4.78 is 9.13. The molecule has 0 aliphatic carbocycles. The molecule has 2 aromatic heterocycles. The molecular weight excluding hydrogens is 340 g/mol. The van der Waals surface area contributed by atoms with Gasteiger partial charge in [-0.05, 0) is 6.92 Å². The first-order valence-corrected chi connectivity index (χ1v) is 8.58. The Morgan fingerprint density at radius 3 is 2.92 bits per heavy atom. The molecule has 1 aliphatic heterocycles. The molecule has 1 amide bonds. The Hall–Kier alpha value is -2.46. The Kier molecular flexibility index (Phi) is 4.72. The molecule has 3 heterocycles. The maximum absolute atomic E-state index is 12.1. The average molecular weight is 365 g/mol. The van der Waals surface area contributed by atoms with Crippen LogP contribution in [0.25, 0.3) is 11.2 Å². The molecule has 3 rings (SSSR count). The van der Waals surface area contributed by atoms with Crippen molar-refractivity contribution >= 4 is 23.0 Å². The third-order valence-corrected chi connectivity index (χ3v) is 4.79. The molecule has 2 aromatic rings. The van der Waals surface area contributed by atoms with E-state index in [2.05, 4.69) is 15.3 Å². The maximum Gasteiger partial charge on any atom is 0.304 e. The number of fused-ring (bicyclic) bond motifs is 1. The maximum atomic E-state index is 12.1. The van der Waals surface area contributed by atoms with E-state index in [4.69, 9.17) is 10.5 Å². The van der Waals surface area contributed by atoms with Gasteiger partial charge < -0.3 is 20.9 Å². The number of aromatic nitrogens is 4. The number of nitrogens with two attached hydrogens (primary N) is 1. The van der Waals surface area contributed by atoms with Crippen LogP contribution in [0.3, 0.4) is 0 Å². The minimum Gasteiger partial charge on any atom is -0.386 e. The van der Waals surface area contributed by atoms with Crippen molar-refractivity contribution in [3.8, 4) is 0 Å². The number of carbonyl (C=O) groups excluding carboxylic acids is 1. The van der Waals surface area contributed by atoms with Gasteiger partial charge in [0.05, 0.1) is 13.2 Å². The third kappa shape index (κ3) is 3.06. The number of nitrogen functional groups attached to an aromatic ring is 1. The van der Waals surface area contributed by atoms with E-state index < -0.39 is 12.3 Å². The Morgan fingerprint density at radius 2 is 2.27 bits per heavy atom. The number of hydrogen-bond acceptors (Lipinski definition) is 6. The van der Waals surface area contributed by atoms with Crippen molar-refractivity contribution in [2.24, 2.45) is 18.9 Å². The van der Waals surface area contributed by atoms with Crippen LogP contribution in [0.15, 0.2) is 11.1 Å². The van der Waals surface area contributed by atoms with Gasteiger partial charge >= 0.3 is 5.56 Å². The molecule has 1 aliphatic rings. The van der Waals surface area contributed by atoms with Crippen molar-refractivity contribution in [1.82, 2.24) is 19.9 Å². The molecule has 0 aromatic carbocycles. The van der Waals surface area contributed by atoms with Crippen molar-refractivity contribution in [3.63, 3.8) is 0 Å². The number of anilines is 1. The molecule has 1 saturated heterocycles. The lowest BCUT2D eigenvalue weighted by Gasteiger charge is -2.18. The summed E-state index contributed by atoms with van der Waals surface area (Å²) in [6, 6.07) is 0. The standard InChI is InChI=1S/C16H24N6O4/c1-7(2)13(24)18-5-9-8(3)26-15(11(9)23)22-6-21(4)10-12(22)19-16(17)20-14(10)25/h6-9,11,15,23H,5H2,1-4H3,(H3-,17,18,19,20,24,25)/p+1/t8-,9-,11-,15-/m1/s1. The van der Waals surface area contributed by atoms with E-state index >= 15 is 0 Å². The van der Waals surface area contributed by atoms with Crippen molar-refractivity contribution in [1.29, 1.82) is 0 Å². The summed E-state index contributed by atoms with van der Waals surface area (Å²) in [5.41, 5.74) is 5.96. The number of nitrogens with one attached hydrogen (secondary N) is 2. The van der Waals surface area contributed by atoms with Gasteiger partial charge in [0.2, 0.25) is 24.4 Å². The van der Waals surface area contributed by atoms with Crippen LogP contribution in [-0.2, 0) is 16.6 Å². The highest BCUT2D eigenvalue weighted by Crippen LogP contribution is 2.34. The number of amides is 1. The Morgan fingerprint density at radius 1 is 1.58 bits per heavy atom. The fraction of sp³-hybridized carbons (Fsp3) is 0.625. The van der Waals surface area contributed by atoms with Crippen LogP contribution >= 0.6 is 0 Å². The second-order valence-corrected chi connectivity index (χ2v) is 7.04. The molecule has 0 spiro atoms. The molecule has 1 fully saturated rings. The van der Waals surface area contributed by atoms with Crippen LogP contribution in [0.5, 0.6) is 0 Å². The van der Waals surface area contributed by atoms with E-state index in [1.807, 2.05) is 20.8 Å². The predicted octanol–water partition coefficient (Wildman–Crippen LogP) is -1.20. The monoisotopic (exact) mass is 365 g/mol. The summed E-state index contributed by atoms with van der Waals surface area (Å²) in [4.78, 5) is 30.6. The van der Waals surface area contributed by atoms with Gasteiger partial charge in [0.25, 0.3) is 11.2 Å². The summed E-state index contributed by atoms with van der Waals surface area (Å²) in [6.45, 7) is 5.76. The lowest BCUT2D eigenvalue weighted by Crippen LogP contribution is -2.39. The van der Waals surface area contributed by atoms with Crippen LogP contribution < -0.4 is 21.2 Å². The number of nitrogens with zero attached hydrogens (tertiary/aromatic N) is 3. The van der Waals surface area contributed by atoms with Crippen molar-refractivity contribution in [2.45, 2.75) is 39.2 Å². The molecule has 4 atom stereocenters. The normalized spacial score (nSPS) is 25.9. The van der Waals surface area contributed by atoms with Gasteiger partial charge in [-0.25, -0.2) is 4.57 Å². The van der Waals surface area contributed by atoms with Crippen LogP contribution in [-0.4, -0.2) is 44.3 Å². The van der Waals surface area contributed by atoms with Crippen molar-refractivity contribution in [3.05, 3.63) is 16.7 Å². The van der Waals surface area contributed by atoms with Gasteiger partial charge in [0.15, 0.2) is 0 Å². The molecule has 10 heteroatoms. The minimum absolute atomic E-state index is 0.0104. The fourth-order valence-corrected chi connectivity index (χ4v) is 3.29. The molecule has 0 bridgehead atoms. The molecule has 0 unspecified atom stereocenters. The second kappa shape index (κ2) is 6.69. The minimum atomic E-state index is -0.879. The van der Waals surface area contributed by atoms with Gasteiger partial charge in [0.1, 0.15) is 6.10 Å². The number of aryl methyl sites for hydroxylation is 1. The number of imidazole rings is 1. The zero-order valence-corrected chi connectivity index (χ0v) is 15.3. The molecular formula is C16H25N6O4+. The zero-order valence-electron chi connectivity index (χ0n) is 15.3. The van der Waals surface area contributed by atoms with Gasteiger partial charge in [-0.1, -0.05) is 13.8 Å².